The summed E-state index contributed by atoms with van der Waals surface area (Å²) in [5.41, 5.74) is 2.50. The molecular weight excluding hydrogens is 332 g/mol. The Balaban J connectivity index is 1.62. The van der Waals surface area contributed by atoms with Gasteiger partial charge in [0.1, 0.15) is 28.9 Å². The second-order valence-corrected chi connectivity index (χ2v) is 6.29. The summed E-state index contributed by atoms with van der Waals surface area (Å²) in [4.78, 5) is 14.9. The molecule has 0 spiro atoms. The molecule has 6 heteroatoms. The molecule has 6 nitrogen and oxygen atoms in total. The Hall–Kier alpha value is -3.15. The van der Waals surface area contributed by atoms with E-state index in [1.165, 1.54) is 12.1 Å². The van der Waals surface area contributed by atoms with Gasteiger partial charge < -0.3 is 24.8 Å². The highest BCUT2D eigenvalue weighted by molar-refractivity contribution is 5.94. The van der Waals surface area contributed by atoms with E-state index in [9.17, 15) is 9.90 Å². The van der Waals surface area contributed by atoms with Gasteiger partial charge in [-0.25, -0.2) is 4.79 Å². The number of hydrogen-bond donors (Lipinski definition) is 2. The number of nitrogens with one attached hydrogen (secondary N) is 1. The van der Waals surface area contributed by atoms with E-state index in [4.69, 9.17) is 9.47 Å². The summed E-state index contributed by atoms with van der Waals surface area (Å²) in [6.07, 6.45) is -0.294. The van der Waals surface area contributed by atoms with E-state index in [0.29, 0.717) is 17.1 Å². The van der Waals surface area contributed by atoms with Crippen LogP contribution in [0.15, 0.2) is 59.9 Å². The molecule has 0 saturated carbocycles. The number of ether oxygens (including phenoxy) is 2. The number of carbonyl (C=O) groups is 1. The smallest absolute Gasteiger partial charge is 0.345 e. The Morgan fingerprint density at radius 2 is 1.96 bits per heavy atom. The molecule has 4 rings (SSSR count). The molecule has 0 aliphatic carbocycles. The van der Waals surface area contributed by atoms with Crippen LogP contribution in [0.5, 0.6) is 11.5 Å². The molecule has 0 unspecified atom stereocenters. The van der Waals surface area contributed by atoms with E-state index >= 15 is 0 Å². The van der Waals surface area contributed by atoms with Gasteiger partial charge in [-0.2, -0.15) is 0 Å². The third-order valence-electron chi connectivity index (χ3n) is 4.71. The fourth-order valence-electron chi connectivity index (χ4n) is 3.51. The molecule has 2 heterocycles. The third-order valence-corrected chi connectivity index (χ3v) is 4.71. The number of hydrogen-bond acceptors (Lipinski definition) is 6. The van der Waals surface area contributed by atoms with Crippen LogP contribution >= 0.6 is 0 Å². The molecule has 0 bridgehead atoms. The summed E-state index contributed by atoms with van der Waals surface area (Å²) >= 11 is 0. The first-order chi connectivity index (χ1) is 12.6. The highest BCUT2D eigenvalue weighted by Crippen LogP contribution is 2.41. The summed E-state index contributed by atoms with van der Waals surface area (Å²) in [6, 6.07) is 13.7. The molecule has 0 aromatic heterocycles. The fraction of sp³-hybridized carbons (Fsp3) is 0.250. The summed E-state index contributed by atoms with van der Waals surface area (Å²) in [6.45, 7) is 4.60. The Bertz CT molecular complexity index is 876. The average Bonchev–Trinajstić information content (AvgIpc) is 2.97. The number of anilines is 2. The van der Waals surface area contributed by atoms with Crippen LogP contribution in [-0.2, 0) is 9.53 Å². The van der Waals surface area contributed by atoms with Crippen molar-refractivity contribution >= 4 is 17.3 Å². The van der Waals surface area contributed by atoms with E-state index < -0.39 is 5.97 Å². The van der Waals surface area contributed by atoms with Crippen molar-refractivity contribution in [3.05, 3.63) is 59.9 Å². The Morgan fingerprint density at radius 3 is 2.69 bits per heavy atom. The number of aromatic hydroxyl groups is 1. The number of esters is 1. The number of likely N-dealkylation sites (N-methyl/N-ethyl adjacent to an activating group) is 1. The minimum Gasteiger partial charge on any atom is -0.508 e. The Kier molecular flexibility index (Phi) is 3.95. The van der Waals surface area contributed by atoms with Crippen molar-refractivity contribution in [1.29, 1.82) is 0 Å². The summed E-state index contributed by atoms with van der Waals surface area (Å²) in [7, 11) is 0. The molecule has 2 atom stereocenters. The molecule has 26 heavy (non-hydrogen) atoms. The van der Waals surface area contributed by atoms with Gasteiger partial charge in [0, 0.05) is 6.54 Å². The van der Waals surface area contributed by atoms with Gasteiger partial charge in [0.25, 0.3) is 0 Å². The first-order valence-corrected chi connectivity index (χ1v) is 8.59. The third kappa shape index (κ3) is 2.63. The molecule has 2 N–H and O–H groups in total. The van der Waals surface area contributed by atoms with Crippen molar-refractivity contribution in [1.82, 2.24) is 0 Å². The summed E-state index contributed by atoms with van der Waals surface area (Å²) in [5.74, 6) is 0.597. The van der Waals surface area contributed by atoms with Gasteiger partial charge in [-0.05, 0) is 50.2 Å². The number of allylic oxidation sites excluding steroid dienone is 1. The van der Waals surface area contributed by atoms with Crippen LogP contribution in [0.2, 0.25) is 0 Å². The van der Waals surface area contributed by atoms with Gasteiger partial charge in [-0.1, -0.05) is 12.1 Å². The zero-order valence-electron chi connectivity index (χ0n) is 14.6. The minimum atomic E-state index is -0.455. The van der Waals surface area contributed by atoms with Crippen LogP contribution in [-0.4, -0.2) is 29.9 Å². The van der Waals surface area contributed by atoms with E-state index in [1.54, 1.807) is 19.1 Å². The topological polar surface area (TPSA) is 71.0 Å². The van der Waals surface area contributed by atoms with Crippen LogP contribution in [0, 0.1) is 0 Å². The molecule has 0 radical (unpaired) electrons. The zero-order chi connectivity index (χ0) is 18.3. The summed E-state index contributed by atoms with van der Waals surface area (Å²) < 4.78 is 11.5. The van der Waals surface area contributed by atoms with E-state index in [2.05, 4.69) is 17.1 Å². The van der Waals surface area contributed by atoms with Crippen LogP contribution in [0.1, 0.15) is 13.8 Å². The maximum atomic E-state index is 12.8. The lowest BCUT2D eigenvalue weighted by molar-refractivity contribution is -0.130. The quantitative estimate of drug-likeness (QED) is 0.653. The van der Waals surface area contributed by atoms with Crippen molar-refractivity contribution in [2.45, 2.75) is 26.1 Å². The molecular formula is C20H20N2O4. The van der Waals surface area contributed by atoms with Gasteiger partial charge in [-0.15, -0.1) is 0 Å². The predicted molar refractivity (Wildman–Crippen MR) is 98.2 cm³/mol. The first-order valence-electron chi connectivity index (χ1n) is 8.59. The van der Waals surface area contributed by atoms with E-state index in [1.807, 2.05) is 24.3 Å². The lowest BCUT2D eigenvalue weighted by atomic mass is 10.0. The highest BCUT2D eigenvalue weighted by atomic mass is 16.5. The molecule has 2 aliphatic rings. The standard InChI is InChI=1S/C20H20N2O4/c1-3-22-16-7-5-4-6-15(16)21-18-17(12(2)25-19(18)22)20(24)26-14-10-8-13(23)9-11-14/h4-11,18-19,21,23H,3H2,1-2H3/t18-,19+/m1/s1. The number of nitrogens with zero attached hydrogens (tertiary/aromatic N) is 1. The van der Waals surface area contributed by atoms with Crippen molar-refractivity contribution in [3.8, 4) is 11.5 Å². The number of carbonyl (C=O) groups excluding carboxylic acids is 1. The van der Waals surface area contributed by atoms with E-state index in [-0.39, 0.29) is 18.0 Å². The second-order valence-electron chi connectivity index (χ2n) is 6.29. The second kappa shape index (κ2) is 6.29. The average molecular weight is 352 g/mol. The van der Waals surface area contributed by atoms with Gasteiger partial charge in [-0.3, -0.25) is 0 Å². The van der Waals surface area contributed by atoms with Crippen molar-refractivity contribution in [2.75, 3.05) is 16.8 Å². The van der Waals surface area contributed by atoms with E-state index in [0.717, 1.165) is 17.9 Å². The summed E-state index contributed by atoms with van der Waals surface area (Å²) in [5, 5.41) is 12.8. The predicted octanol–water partition coefficient (Wildman–Crippen LogP) is 3.25. The normalized spacial score (nSPS) is 20.8. The number of fused-ring (bicyclic) bond motifs is 2. The van der Waals surface area contributed by atoms with Crippen molar-refractivity contribution in [2.24, 2.45) is 0 Å². The largest absolute Gasteiger partial charge is 0.508 e. The minimum absolute atomic E-state index is 0.119. The van der Waals surface area contributed by atoms with Gasteiger partial charge in [0.05, 0.1) is 11.4 Å². The monoisotopic (exact) mass is 352 g/mol. The molecule has 0 fully saturated rings. The molecule has 2 aliphatic heterocycles. The number of rotatable bonds is 3. The van der Waals surface area contributed by atoms with Crippen LogP contribution < -0.4 is 15.0 Å². The van der Waals surface area contributed by atoms with Gasteiger partial charge in [0.2, 0.25) is 0 Å². The molecule has 0 amide bonds. The number of phenols is 1. The molecule has 0 saturated heterocycles. The van der Waals surface area contributed by atoms with Crippen LogP contribution in [0.4, 0.5) is 11.4 Å². The van der Waals surface area contributed by atoms with Crippen molar-refractivity contribution in [3.63, 3.8) is 0 Å². The molecule has 2 aromatic rings. The molecule has 2 aromatic carbocycles. The zero-order valence-corrected chi connectivity index (χ0v) is 14.6. The lowest BCUT2D eigenvalue weighted by Crippen LogP contribution is -2.51. The number of phenolic OH excluding ortho intramolecular Hbond substituents is 1. The van der Waals surface area contributed by atoms with Gasteiger partial charge in [0.15, 0.2) is 6.23 Å². The Labute approximate surface area is 151 Å². The lowest BCUT2D eigenvalue weighted by Gasteiger charge is -2.40. The van der Waals surface area contributed by atoms with Crippen LogP contribution in [0.25, 0.3) is 0 Å². The maximum absolute atomic E-state index is 12.8. The maximum Gasteiger partial charge on any atom is 0.345 e. The highest BCUT2D eigenvalue weighted by Gasteiger charge is 2.46. The fourth-order valence-corrected chi connectivity index (χ4v) is 3.51. The molecule has 134 valence electrons. The SMILES string of the molecule is CCN1c2ccccc2N[C@@H]2C(C(=O)Oc3ccc(O)cc3)=C(C)O[C@@H]21. The van der Waals surface area contributed by atoms with Crippen molar-refractivity contribution < 1.29 is 19.4 Å². The number of benzene rings is 2. The van der Waals surface area contributed by atoms with Crippen LogP contribution in [0.3, 0.4) is 0 Å². The first kappa shape index (κ1) is 16.3. The van der Waals surface area contributed by atoms with Gasteiger partial charge >= 0.3 is 5.97 Å². The number of para-hydroxylation sites is 2. The Morgan fingerprint density at radius 1 is 1.23 bits per heavy atom.